The van der Waals surface area contributed by atoms with Gasteiger partial charge in [0.15, 0.2) is 5.96 Å². The largest absolute Gasteiger partial charge is 0.356 e. The van der Waals surface area contributed by atoms with Crippen LogP contribution in [-0.2, 0) is 6.54 Å². The van der Waals surface area contributed by atoms with Gasteiger partial charge in [-0.1, -0.05) is 32.0 Å². The van der Waals surface area contributed by atoms with Crippen molar-refractivity contribution in [2.24, 2.45) is 4.99 Å². The van der Waals surface area contributed by atoms with E-state index in [0.29, 0.717) is 5.92 Å². The molecule has 24 heavy (non-hydrogen) atoms. The zero-order valence-corrected chi connectivity index (χ0v) is 16.2. The van der Waals surface area contributed by atoms with Gasteiger partial charge in [0, 0.05) is 23.9 Å². The highest BCUT2D eigenvalue weighted by molar-refractivity contribution is 7.99. The molecule has 0 aliphatic heterocycles. The van der Waals surface area contributed by atoms with Crippen molar-refractivity contribution in [3.8, 4) is 0 Å². The van der Waals surface area contributed by atoms with Gasteiger partial charge < -0.3 is 10.6 Å². The highest BCUT2D eigenvalue weighted by atomic mass is 32.2. The molecule has 1 heterocycles. The van der Waals surface area contributed by atoms with Crippen LogP contribution >= 0.6 is 23.1 Å². The Kier molecular flexibility index (Phi) is 8.12. The highest BCUT2D eigenvalue weighted by Gasteiger charge is 2.06. The molecule has 1 aromatic carbocycles. The average Bonchev–Trinajstić information content (AvgIpc) is 3.07. The molecule has 0 aliphatic rings. The summed E-state index contributed by atoms with van der Waals surface area (Å²) < 4.78 is 0. The Morgan fingerprint density at radius 3 is 2.71 bits per heavy atom. The third-order valence-electron chi connectivity index (χ3n) is 3.42. The lowest BCUT2D eigenvalue weighted by atomic mass is 10.2. The minimum atomic E-state index is 0.481. The summed E-state index contributed by atoms with van der Waals surface area (Å²) >= 11 is 3.59. The first kappa shape index (κ1) is 18.8. The maximum absolute atomic E-state index is 4.63. The van der Waals surface area contributed by atoms with Gasteiger partial charge in [0.2, 0.25) is 0 Å². The standard InChI is InChI=1S/C18H26N4S2/c1-14(2)16-13-24-17(22-16)12-21-18(19-3)20-10-7-11-23-15-8-5-4-6-9-15/h4-6,8-9,13-14H,7,10-12H2,1-3H3,(H2,19,20,21). The second kappa shape index (κ2) is 10.4. The lowest BCUT2D eigenvalue weighted by Gasteiger charge is -2.10. The van der Waals surface area contributed by atoms with Crippen molar-refractivity contribution in [3.05, 3.63) is 46.4 Å². The number of benzene rings is 1. The van der Waals surface area contributed by atoms with Crippen LogP contribution in [0.1, 0.15) is 36.9 Å². The third kappa shape index (κ3) is 6.53. The van der Waals surface area contributed by atoms with Crippen LogP contribution < -0.4 is 10.6 Å². The molecule has 6 heteroatoms. The van der Waals surface area contributed by atoms with Crippen molar-refractivity contribution in [3.63, 3.8) is 0 Å². The predicted octanol–water partition coefficient (Wildman–Crippen LogP) is 4.11. The molecular formula is C18H26N4S2. The van der Waals surface area contributed by atoms with Crippen molar-refractivity contribution in [1.29, 1.82) is 0 Å². The Balaban J connectivity index is 1.63. The Labute approximate surface area is 153 Å². The van der Waals surface area contributed by atoms with Crippen LogP contribution in [0.25, 0.3) is 0 Å². The second-order valence-electron chi connectivity index (χ2n) is 5.69. The highest BCUT2D eigenvalue weighted by Crippen LogP contribution is 2.18. The second-order valence-corrected chi connectivity index (χ2v) is 7.80. The van der Waals surface area contributed by atoms with Crippen molar-refractivity contribution in [1.82, 2.24) is 15.6 Å². The van der Waals surface area contributed by atoms with E-state index in [4.69, 9.17) is 0 Å². The topological polar surface area (TPSA) is 49.3 Å². The summed E-state index contributed by atoms with van der Waals surface area (Å²) in [5, 5.41) is 9.92. The molecule has 1 aromatic heterocycles. The fourth-order valence-electron chi connectivity index (χ4n) is 2.04. The van der Waals surface area contributed by atoms with Crippen LogP contribution in [0.2, 0.25) is 0 Å². The molecule has 0 fully saturated rings. The minimum Gasteiger partial charge on any atom is -0.356 e. The van der Waals surface area contributed by atoms with E-state index in [1.54, 1.807) is 18.4 Å². The zero-order valence-electron chi connectivity index (χ0n) is 14.6. The molecule has 0 spiro atoms. The number of hydrogen-bond donors (Lipinski definition) is 2. The maximum atomic E-state index is 4.63. The van der Waals surface area contributed by atoms with E-state index >= 15 is 0 Å². The number of guanidine groups is 1. The number of hydrogen-bond acceptors (Lipinski definition) is 4. The number of thiazole rings is 1. The van der Waals surface area contributed by atoms with Crippen molar-refractivity contribution in [2.45, 2.75) is 37.6 Å². The van der Waals surface area contributed by atoms with Gasteiger partial charge in [-0.2, -0.15) is 0 Å². The van der Waals surface area contributed by atoms with Gasteiger partial charge >= 0.3 is 0 Å². The van der Waals surface area contributed by atoms with Gasteiger partial charge in [-0.3, -0.25) is 4.99 Å². The molecule has 0 amide bonds. The first-order valence-corrected chi connectivity index (χ1v) is 10.1. The Bertz CT molecular complexity index is 623. The normalized spacial score (nSPS) is 11.8. The van der Waals surface area contributed by atoms with E-state index in [1.165, 1.54) is 4.90 Å². The van der Waals surface area contributed by atoms with Gasteiger partial charge in [-0.05, 0) is 30.2 Å². The first-order valence-electron chi connectivity index (χ1n) is 8.25. The minimum absolute atomic E-state index is 0.481. The molecular weight excluding hydrogens is 336 g/mol. The van der Waals surface area contributed by atoms with Gasteiger partial charge in [-0.15, -0.1) is 23.1 Å². The van der Waals surface area contributed by atoms with Crippen LogP contribution in [0.5, 0.6) is 0 Å². The number of nitrogens with zero attached hydrogens (tertiary/aromatic N) is 2. The first-order chi connectivity index (χ1) is 11.7. The molecule has 0 saturated heterocycles. The van der Waals surface area contributed by atoms with Crippen LogP contribution in [-0.4, -0.2) is 30.3 Å². The van der Waals surface area contributed by atoms with Crippen LogP contribution in [0, 0.1) is 0 Å². The van der Waals surface area contributed by atoms with Gasteiger partial charge in [0.1, 0.15) is 5.01 Å². The molecule has 0 aliphatic carbocycles. The lowest BCUT2D eigenvalue weighted by molar-refractivity contribution is 0.772. The van der Waals surface area contributed by atoms with E-state index in [1.807, 2.05) is 17.8 Å². The summed E-state index contributed by atoms with van der Waals surface area (Å²) in [6.45, 7) is 5.96. The fourth-order valence-corrected chi connectivity index (χ4v) is 3.81. The van der Waals surface area contributed by atoms with Crippen LogP contribution in [0.4, 0.5) is 0 Å². The lowest BCUT2D eigenvalue weighted by Crippen LogP contribution is -2.37. The molecule has 0 radical (unpaired) electrons. The van der Waals surface area contributed by atoms with E-state index in [9.17, 15) is 0 Å². The van der Waals surface area contributed by atoms with Gasteiger partial charge in [0.05, 0.1) is 12.2 Å². The SMILES string of the molecule is CN=C(NCCCSc1ccccc1)NCc1nc(C(C)C)cs1. The van der Waals surface area contributed by atoms with E-state index in [-0.39, 0.29) is 0 Å². The molecule has 0 unspecified atom stereocenters. The molecule has 0 bridgehead atoms. The number of nitrogens with one attached hydrogen (secondary N) is 2. The van der Waals surface area contributed by atoms with E-state index < -0.39 is 0 Å². The quantitative estimate of drug-likeness (QED) is 0.321. The molecule has 0 atom stereocenters. The van der Waals surface area contributed by atoms with Gasteiger partial charge in [0.25, 0.3) is 0 Å². The summed E-state index contributed by atoms with van der Waals surface area (Å²) in [5.41, 5.74) is 1.16. The fraction of sp³-hybridized carbons (Fsp3) is 0.444. The Morgan fingerprint density at radius 1 is 1.25 bits per heavy atom. The molecule has 2 rings (SSSR count). The summed E-state index contributed by atoms with van der Waals surface area (Å²) in [4.78, 5) is 10.2. The monoisotopic (exact) mass is 362 g/mol. The van der Waals surface area contributed by atoms with E-state index in [2.05, 4.69) is 64.1 Å². The molecule has 2 N–H and O–H groups in total. The zero-order chi connectivity index (χ0) is 17.2. The smallest absolute Gasteiger partial charge is 0.191 e. The number of aliphatic imine (C=N–C) groups is 1. The Morgan fingerprint density at radius 2 is 2.04 bits per heavy atom. The average molecular weight is 363 g/mol. The van der Waals surface area contributed by atoms with Crippen LogP contribution in [0.3, 0.4) is 0 Å². The maximum Gasteiger partial charge on any atom is 0.191 e. The van der Waals surface area contributed by atoms with Crippen molar-refractivity contribution < 1.29 is 0 Å². The summed E-state index contributed by atoms with van der Waals surface area (Å²) in [6.07, 6.45) is 1.09. The third-order valence-corrected chi connectivity index (χ3v) is 5.38. The predicted molar refractivity (Wildman–Crippen MR) is 106 cm³/mol. The summed E-state index contributed by atoms with van der Waals surface area (Å²) in [6, 6.07) is 10.5. The number of thioether (sulfide) groups is 1. The van der Waals surface area contributed by atoms with Crippen LogP contribution in [0.15, 0.2) is 45.6 Å². The van der Waals surface area contributed by atoms with Crippen molar-refractivity contribution in [2.75, 3.05) is 19.3 Å². The molecule has 0 saturated carbocycles. The molecule has 2 aromatic rings. The summed E-state index contributed by atoms with van der Waals surface area (Å²) in [5.74, 6) is 2.41. The van der Waals surface area contributed by atoms with Gasteiger partial charge in [-0.25, -0.2) is 4.98 Å². The number of aromatic nitrogens is 1. The molecule has 130 valence electrons. The number of rotatable bonds is 8. The van der Waals surface area contributed by atoms with E-state index in [0.717, 1.165) is 41.9 Å². The summed E-state index contributed by atoms with van der Waals surface area (Å²) in [7, 11) is 1.80. The molecule has 4 nitrogen and oxygen atoms in total. The van der Waals surface area contributed by atoms with Crippen molar-refractivity contribution >= 4 is 29.1 Å². The Hall–Kier alpha value is -1.53.